The number of halogens is 1. The van der Waals surface area contributed by atoms with Crippen molar-refractivity contribution in [2.24, 2.45) is 0 Å². The summed E-state index contributed by atoms with van der Waals surface area (Å²) in [6, 6.07) is 0. The zero-order valence-electron chi connectivity index (χ0n) is 7.53. The van der Waals surface area contributed by atoms with Crippen LogP contribution in [-0.4, -0.2) is 29.8 Å². The molecule has 1 heterocycles. The number of anilines is 1. The summed E-state index contributed by atoms with van der Waals surface area (Å²) >= 11 is 4.91. The van der Waals surface area contributed by atoms with Crippen LogP contribution in [0.1, 0.15) is 13.3 Å². The van der Waals surface area contributed by atoms with Crippen molar-refractivity contribution in [3.8, 4) is 0 Å². The lowest BCUT2D eigenvalue weighted by molar-refractivity contribution is 0.302. The molecular formula is C8H13BrN2OS. The van der Waals surface area contributed by atoms with E-state index in [1.165, 1.54) is 0 Å². The van der Waals surface area contributed by atoms with E-state index in [1.807, 2.05) is 5.38 Å². The summed E-state index contributed by atoms with van der Waals surface area (Å²) in [7, 11) is 0. The van der Waals surface area contributed by atoms with Crippen molar-refractivity contribution in [3.63, 3.8) is 0 Å². The molecule has 13 heavy (non-hydrogen) atoms. The molecule has 0 atom stereocenters. The molecule has 1 aromatic heterocycles. The van der Waals surface area contributed by atoms with Crippen LogP contribution in [0.5, 0.6) is 0 Å². The average molecular weight is 265 g/mol. The molecule has 0 bridgehead atoms. The summed E-state index contributed by atoms with van der Waals surface area (Å²) < 4.78 is 0.867. The van der Waals surface area contributed by atoms with Gasteiger partial charge in [-0.3, -0.25) is 0 Å². The van der Waals surface area contributed by atoms with Crippen molar-refractivity contribution in [2.45, 2.75) is 13.3 Å². The SMILES string of the molecule is CCCN(CCO)c1nc(Br)cs1. The Morgan fingerprint density at radius 2 is 2.38 bits per heavy atom. The van der Waals surface area contributed by atoms with Crippen LogP contribution in [0.3, 0.4) is 0 Å². The van der Waals surface area contributed by atoms with Crippen LogP contribution in [0.2, 0.25) is 0 Å². The van der Waals surface area contributed by atoms with Crippen LogP contribution in [-0.2, 0) is 0 Å². The summed E-state index contributed by atoms with van der Waals surface area (Å²) in [5.74, 6) is 0. The van der Waals surface area contributed by atoms with E-state index >= 15 is 0 Å². The Hall–Kier alpha value is -0.130. The molecule has 0 fully saturated rings. The minimum atomic E-state index is 0.178. The molecule has 0 aliphatic rings. The summed E-state index contributed by atoms with van der Waals surface area (Å²) in [5, 5.41) is 11.8. The van der Waals surface area contributed by atoms with Gasteiger partial charge in [0, 0.05) is 18.5 Å². The van der Waals surface area contributed by atoms with Gasteiger partial charge in [-0.15, -0.1) is 11.3 Å². The summed E-state index contributed by atoms with van der Waals surface area (Å²) in [5.41, 5.74) is 0. The first-order valence-electron chi connectivity index (χ1n) is 4.24. The van der Waals surface area contributed by atoms with Crippen LogP contribution in [0, 0.1) is 0 Å². The van der Waals surface area contributed by atoms with Crippen LogP contribution in [0.25, 0.3) is 0 Å². The highest BCUT2D eigenvalue weighted by molar-refractivity contribution is 9.10. The first-order chi connectivity index (χ1) is 6.27. The second-order valence-electron chi connectivity index (χ2n) is 2.66. The first kappa shape index (κ1) is 10.9. The maximum atomic E-state index is 8.85. The quantitative estimate of drug-likeness (QED) is 0.885. The van der Waals surface area contributed by atoms with Crippen molar-refractivity contribution < 1.29 is 5.11 Å². The molecule has 0 unspecified atom stereocenters. The van der Waals surface area contributed by atoms with E-state index in [0.29, 0.717) is 6.54 Å². The maximum absolute atomic E-state index is 8.85. The Labute approximate surface area is 90.5 Å². The summed E-state index contributed by atoms with van der Waals surface area (Å²) in [6.45, 7) is 3.90. The summed E-state index contributed by atoms with van der Waals surface area (Å²) in [4.78, 5) is 6.39. The third-order valence-electron chi connectivity index (χ3n) is 1.60. The van der Waals surface area contributed by atoms with Gasteiger partial charge in [0.1, 0.15) is 4.60 Å². The Morgan fingerprint density at radius 1 is 1.62 bits per heavy atom. The molecule has 0 aromatic carbocycles. The largest absolute Gasteiger partial charge is 0.395 e. The van der Waals surface area contributed by atoms with E-state index in [2.05, 4.69) is 32.7 Å². The molecule has 1 aromatic rings. The number of aromatic nitrogens is 1. The number of rotatable bonds is 5. The molecule has 0 spiro atoms. The van der Waals surface area contributed by atoms with Gasteiger partial charge in [0.25, 0.3) is 0 Å². The fourth-order valence-electron chi connectivity index (χ4n) is 1.08. The monoisotopic (exact) mass is 264 g/mol. The number of aliphatic hydroxyl groups excluding tert-OH is 1. The Bertz CT molecular complexity index is 248. The van der Waals surface area contributed by atoms with E-state index < -0.39 is 0 Å². The lowest BCUT2D eigenvalue weighted by atomic mass is 10.4. The van der Waals surface area contributed by atoms with E-state index in [4.69, 9.17) is 5.11 Å². The van der Waals surface area contributed by atoms with Crippen LogP contribution in [0.4, 0.5) is 5.13 Å². The van der Waals surface area contributed by atoms with Crippen molar-refractivity contribution in [2.75, 3.05) is 24.6 Å². The van der Waals surface area contributed by atoms with Crippen molar-refractivity contribution in [3.05, 3.63) is 9.98 Å². The van der Waals surface area contributed by atoms with E-state index in [1.54, 1.807) is 11.3 Å². The van der Waals surface area contributed by atoms with Gasteiger partial charge in [0.15, 0.2) is 5.13 Å². The van der Waals surface area contributed by atoms with Gasteiger partial charge in [-0.2, -0.15) is 0 Å². The van der Waals surface area contributed by atoms with E-state index in [0.717, 1.165) is 22.7 Å². The lowest BCUT2D eigenvalue weighted by Gasteiger charge is -2.19. The zero-order chi connectivity index (χ0) is 9.68. The number of hydrogen-bond donors (Lipinski definition) is 1. The Morgan fingerprint density at radius 3 is 2.85 bits per heavy atom. The smallest absolute Gasteiger partial charge is 0.186 e. The van der Waals surface area contributed by atoms with Crippen LogP contribution >= 0.6 is 27.3 Å². The van der Waals surface area contributed by atoms with Gasteiger partial charge >= 0.3 is 0 Å². The molecule has 1 N–H and O–H groups in total. The molecule has 0 radical (unpaired) electrons. The molecular weight excluding hydrogens is 252 g/mol. The number of aliphatic hydroxyl groups is 1. The Kier molecular flexibility index (Phi) is 4.69. The van der Waals surface area contributed by atoms with Crippen LogP contribution in [0.15, 0.2) is 9.98 Å². The fraction of sp³-hybridized carbons (Fsp3) is 0.625. The molecule has 1 rings (SSSR count). The van der Waals surface area contributed by atoms with E-state index in [-0.39, 0.29) is 6.61 Å². The average Bonchev–Trinajstić information content (AvgIpc) is 2.51. The maximum Gasteiger partial charge on any atom is 0.186 e. The highest BCUT2D eigenvalue weighted by Crippen LogP contribution is 2.23. The van der Waals surface area contributed by atoms with Gasteiger partial charge in [0.2, 0.25) is 0 Å². The van der Waals surface area contributed by atoms with Gasteiger partial charge < -0.3 is 10.0 Å². The third-order valence-corrected chi connectivity index (χ3v) is 3.21. The number of thiazole rings is 1. The molecule has 0 aliphatic carbocycles. The lowest BCUT2D eigenvalue weighted by Crippen LogP contribution is -2.27. The second-order valence-corrected chi connectivity index (χ2v) is 4.31. The molecule has 0 saturated heterocycles. The first-order valence-corrected chi connectivity index (χ1v) is 5.92. The predicted octanol–water partition coefficient (Wildman–Crippen LogP) is 2.11. The van der Waals surface area contributed by atoms with Crippen molar-refractivity contribution >= 4 is 32.4 Å². The topological polar surface area (TPSA) is 36.4 Å². The van der Waals surface area contributed by atoms with Crippen LogP contribution < -0.4 is 4.90 Å². The van der Waals surface area contributed by atoms with Gasteiger partial charge in [-0.1, -0.05) is 6.92 Å². The number of hydrogen-bond acceptors (Lipinski definition) is 4. The number of nitrogens with zero attached hydrogens (tertiary/aromatic N) is 2. The molecule has 3 nitrogen and oxygen atoms in total. The predicted molar refractivity (Wildman–Crippen MR) is 59.4 cm³/mol. The third kappa shape index (κ3) is 3.25. The van der Waals surface area contributed by atoms with E-state index in [9.17, 15) is 0 Å². The highest BCUT2D eigenvalue weighted by atomic mass is 79.9. The minimum Gasteiger partial charge on any atom is -0.395 e. The summed E-state index contributed by atoms with van der Waals surface area (Å²) in [6.07, 6.45) is 1.07. The molecule has 0 saturated carbocycles. The van der Waals surface area contributed by atoms with Gasteiger partial charge in [-0.25, -0.2) is 4.98 Å². The Balaban J connectivity index is 2.63. The normalized spacial score (nSPS) is 10.4. The molecule has 5 heteroatoms. The van der Waals surface area contributed by atoms with Crippen molar-refractivity contribution in [1.29, 1.82) is 0 Å². The molecule has 0 aliphatic heterocycles. The van der Waals surface area contributed by atoms with Gasteiger partial charge in [-0.05, 0) is 22.4 Å². The highest BCUT2D eigenvalue weighted by Gasteiger charge is 2.08. The molecule has 0 amide bonds. The van der Waals surface area contributed by atoms with Gasteiger partial charge in [0.05, 0.1) is 6.61 Å². The second kappa shape index (κ2) is 5.57. The van der Waals surface area contributed by atoms with Crippen molar-refractivity contribution in [1.82, 2.24) is 4.98 Å². The minimum absolute atomic E-state index is 0.178. The zero-order valence-corrected chi connectivity index (χ0v) is 9.94. The fourth-order valence-corrected chi connectivity index (χ4v) is 2.39. The molecule has 74 valence electrons. The standard InChI is InChI=1S/C8H13BrN2OS/c1-2-3-11(4-5-12)8-10-7(9)6-13-8/h6,12H,2-5H2,1H3.